The Bertz CT molecular complexity index is 326. The van der Waals surface area contributed by atoms with Gasteiger partial charge in [0.05, 0.1) is 5.75 Å². The maximum Gasteiger partial charge on any atom is 0.537 e. The molecule has 20 heavy (non-hydrogen) atoms. The minimum Gasteiger partial charge on any atom is -0.199 e. The van der Waals surface area contributed by atoms with Gasteiger partial charge >= 0.3 is 6.36 Å². The van der Waals surface area contributed by atoms with E-state index in [2.05, 4.69) is 11.1 Å². The summed E-state index contributed by atoms with van der Waals surface area (Å²) in [5.74, 6) is -0.566. The molecular weight excluding hydrogens is 293 g/mol. The van der Waals surface area contributed by atoms with E-state index in [1.807, 2.05) is 0 Å². The first kappa shape index (κ1) is 19.7. The molecule has 0 saturated carbocycles. The molecule has 0 aromatic heterocycles. The van der Waals surface area contributed by atoms with Gasteiger partial charge in [0.2, 0.25) is 0 Å². The van der Waals surface area contributed by atoms with Gasteiger partial charge in [-0.15, -0.1) is 13.2 Å². The summed E-state index contributed by atoms with van der Waals surface area (Å²) in [6.07, 6.45) is 4.82. The number of rotatable bonds is 12. The summed E-state index contributed by atoms with van der Waals surface area (Å²) in [7, 11) is -4.47. The second kappa shape index (κ2) is 10.4. The molecule has 0 aromatic carbocycles. The summed E-state index contributed by atoms with van der Waals surface area (Å²) in [5, 5.41) is 0. The van der Waals surface area contributed by atoms with Crippen LogP contribution in [0.2, 0.25) is 0 Å². The smallest absolute Gasteiger partial charge is 0.199 e. The lowest BCUT2D eigenvalue weighted by Crippen LogP contribution is -2.21. The molecule has 0 amide bonds. The van der Waals surface area contributed by atoms with Gasteiger partial charge in [0.15, 0.2) is 0 Å². The molecule has 0 aliphatic rings. The first-order valence-electron chi connectivity index (χ1n) is 7.27. The highest BCUT2D eigenvalue weighted by Gasteiger charge is 2.36. The van der Waals surface area contributed by atoms with Gasteiger partial charge < -0.3 is 0 Å². The third-order valence-corrected chi connectivity index (χ3v) is 4.20. The molecule has 0 heterocycles. The van der Waals surface area contributed by atoms with E-state index in [1.54, 1.807) is 0 Å². The van der Waals surface area contributed by atoms with Crippen molar-refractivity contribution in [2.45, 2.75) is 77.5 Å². The molecule has 0 aliphatic heterocycles. The highest BCUT2D eigenvalue weighted by Crippen LogP contribution is 2.20. The summed E-state index contributed by atoms with van der Waals surface area (Å²) >= 11 is 0. The van der Waals surface area contributed by atoms with Crippen LogP contribution in [0, 0.1) is 0 Å². The average Bonchev–Trinajstić information content (AvgIpc) is 2.28. The van der Waals surface area contributed by atoms with Crippen LogP contribution in [0.5, 0.6) is 0 Å². The van der Waals surface area contributed by atoms with E-state index in [0.29, 0.717) is 6.42 Å². The fraction of sp³-hybridized carbons (Fsp3) is 1.00. The van der Waals surface area contributed by atoms with E-state index < -0.39 is 22.2 Å². The van der Waals surface area contributed by atoms with E-state index in [9.17, 15) is 21.6 Å². The van der Waals surface area contributed by atoms with E-state index in [0.717, 1.165) is 19.3 Å². The predicted octanol–water partition coefficient (Wildman–Crippen LogP) is 4.77. The van der Waals surface area contributed by atoms with Gasteiger partial charge in [0.25, 0.3) is 10.1 Å². The molecule has 0 radical (unpaired) electrons. The van der Waals surface area contributed by atoms with Crippen LogP contribution >= 0.6 is 0 Å². The average molecular weight is 318 g/mol. The van der Waals surface area contributed by atoms with Crippen molar-refractivity contribution in [3.8, 4) is 0 Å². The van der Waals surface area contributed by atoms with Gasteiger partial charge in [-0.3, -0.25) is 0 Å². The Morgan fingerprint density at radius 2 is 1.20 bits per heavy atom. The van der Waals surface area contributed by atoms with Crippen LogP contribution in [0.25, 0.3) is 0 Å². The Labute approximate surface area is 120 Å². The largest absolute Gasteiger partial charge is 0.537 e. The topological polar surface area (TPSA) is 43.4 Å². The molecule has 0 aliphatic carbocycles. The van der Waals surface area contributed by atoms with Crippen LogP contribution in [0.4, 0.5) is 13.2 Å². The molecule has 3 nitrogen and oxygen atoms in total. The van der Waals surface area contributed by atoms with Crippen molar-refractivity contribution in [3.05, 3.63) is 0 Å². The molecule has 0 fully saturated rings. The van der Waals surface area contributed by atoms with E-state index in [4.69, 9.17) is 0 Å². The third-order valence-electron chi connectivity index (χ3n) is 2.97. The predicted molar refractivity (Wildman–Crippen MR) is 72.8 cm³/mol. The molecule has 0 bridgehead atoms. The first-order valence-corrected chi connectivity index (χ1v) is 8.84. The van der Waals surface area contributed by atoms with Gasteiger partial charge in [-0.05, 0) is 6.42 Å². The van der Waals surface area contributed by atoms with Crippen LogP contribution in [0.15, 0.2) is 0 Å². The van der Waals surface area contributed by atoms with Crippen molar-refractivity contribution in [2.24, 2.45) is 0 Å². The minimum absolute atomic E-state index is 0.217. The van der Waals surface area contributed by atoms with Crippen LogP contribution < -0.4 is 0 Å². The molecule has 0 aromatic rings. The zero-order valence-electron chi connectivity index (χ0n) is 12.0. The fourth-order valence-corrected chi connectivity index (χ4v) is 2.88. The lowest BCUT2D eigenvalue weighted by molar-refractivity contribution is -0.271. The number of hydrogen-bond donors (Lipinski definition) is 0. The normalized spacial score (nSPS) is 12.8. The molecule has 0 rings (SSSR count). The zero-order valence-corrected chi connectivity index (χ0v) is 12.9. The van der Waals surface area contributed by atoms with Gasteiger partial charge in [0.1, 0.15) is 0 Å². The summed E-state index contributed by atoms with van der Waals surface area (Å²) in [6, 6.07) is 0. The van der Waals surface area contributed by atoms with Gasteiger partial charge in [-0.1, -0.05) is 64.7 Å². The Hall–Kier alpha value is -0.300. The second-order valence-electron chi connectivity index (χ2n) is 4.97. The minimum atomic E-state index is -5.11. The number of hydrogen-bond acceptors (Lipinski definition) is 3. The highest BCUT2D eigenvalue weighted by molar-refractivity contribution is 7.86. The summed E-state index contributed by atoms with van der Waals surface area (Å²) in [6.45, 7) is 2.16. The van der Waals surface area contributed by atoms with E-state index in [1.165, 1.54) is 32.1 Å². The highest BCUT2D eigenvalue weighted by atomic mass is 32.2. The summed E-state index contributed by atoms with van der Waals surface area (Å²) < 4.78 is 60.2. The van der Waals surface area contributed by atoms with Crippen molar-refractivity contribution in [2.75, 3.05) is 5.75 Å². The van der Waals surface area contributed by atoms with Crippen LogP contribution in [0.3, 0.4) is 0 Å². The Kier molecular flexibility index (Phi) is 10.3. The third kappa shape index (κ3) is 14.1. The van der Waals surface area contributed by atoms with Crippen molar-refractivity contribution in [1.82, 2.24) is 0 Å². The molecular formula is C13H25F3O3S. The van der Waals surface area contributed by atoms with E-state index >= 15 is 0 Å². The van der Waals surface area contributed by atoms with Crippen LogP contribution in [-0.2, 0) is 14.3 Å². The van der Waals surface area contributed by atoms with Crippen LogP contribution in [0.1, 0.15) is 71.1 Å². The van der Waals surface area contributed by atoms with Gasteiger partial charge in [-0.2, -0.15) is 12.6 Å². The van der Waals surface area contributed by atoms with Crippen molar-refractivity contribution < 1.29 is 25.8 Å². The Morgan fingerprint density at radius 3 is 1.60 bits per heavy atom. The summed E-state index contributed by atoms with van der Waals surface area (Å²) in [5.41, 5.74) is 0. The summed E-state index contributed by atoms with van der Waals surface area (Å²) in [4.78, 5) is 0. The van der Waals surface area contributed by atoms with Crippen molar-refractivity contribution in [3.63, 3.8) is 0 Å². The maximum absolute atomic E-state index is 11.8. The van der Waals surface area contributed by atoms with Crippen molar-refractivity contribution in [1.29, 1.82) is 0 Å². The van der Waals surface area contributed by atoms with Gasteiger partial charge in [0, 0.05) is 0 Å². The van der Waals surface area contributed by atoms with E-state index in [-0.39, 0.29) is 6.42 Å². The second-order valence-corrected chi connectivity index (χ2v) is 6.66. The molecule has 122 valence electrons. The lowest BCUT2D eigenvalue weighted by atomic mass is 10.1. The molecule has 0 atom stereocenters. The molecule has 7 heteroatoms. The SMILES string of the molecule is CCCCCCCCCCCCS(=O)(=O)OC(F)(F)F. The first-order chi connectivity index (χ1) is 9.27. The van der Waals surface area contributed by atoms with Gasteiger partial charge in [-0.25, -0.2) is 0 Å². The quantitative estimate of drug-likeness (QED) is 0.384. The standard InChI is InChI=1S/C13H25F3O3S/c1-2-3-4-5-6-7-8-9-10-11-12-20(17,18)19-13(14,15)16/h2-12H2,1H3. The number of unbranched alkanes of at least 4 members (excludes halogenated alkanes) is 9. The molecule has 0 N–H and O–H groups in total. The van der Waals surface area contributed by atoms with Crippen molar-refractivity contribution >= 4 is 10.1 Å². The number of alkyl halides is 3. The monoisotopic (exact) mass is 318 g/mol. The number of halogens is 3. The van der Waals surface area contributed by atoms with Crippen LogP contribution in [-0.4, -0.2) is 20.5 Å². The zero-order chi connectivity index (χ0) is 15.5. The Balaban J connectivity index is 3.44. The fourth-order valence-electron chi connectivity index (χ4n) is 1.95. The lowest BCUT2D eigenvalue weighted by Gasteiger charge is -2.07. The maximum atomic E-state index is 11.8. The molecule has 0 unspecified atom stereocenters. The molecule has 0 spiro atoms. The molecule has 0 saturated heterocycles. The Morgan fingerprint density at radius 1 is 0.800 bits per heavy atom.